The van der Waals surface area contributed by atoms with Crippen molar-refractivity contribution in [1.29, 1.82) is 0 Å². The molecule has 116 valence electrons. The monoisotopic (exact) mass is 281 g/mol. The van der Waals surface area contributed by atoms with E-state index < -0.39 is 5.60 Å². The quantitative estimate of drug-likeness (QED) is 0.715. The van der Waals surface area contributed by atoms with Crippen LogP contribution in [-0.4, -0.2) is 26.1 Å². The molecule has 2 atom stereocenters. The number of nitrogens with zero attached hydrogens (tertiary/aromatic N) is 2. The van der Waals surface area contributed by atoms with Crippen molar-refractivity contribution in [1.82, 2.24) is 15.4 Å². The first-order chi connectivity index (χ1) is 9.39. The molecule has 0 aromatic carbocycles. The summed E-state index contributed by atoms with van der Waals surface area (Å²) in [5.41, 5.74) is 1.57. The molecule has 0 spiro atoms. The zero-order valence-corrected chi connectivity index (χ0v) is 13.7. The Bertz CT molecular complexity index is 381. The number of aromatic nitrogens is 3. The lowest BCUT2D eigenvalue weighted by Crippen LogP contribution is -2.22. The number of unbranched alkanes of at least 4 members (excludes halogenated alkanes) is 1. The van der Waals surface area contributed by atoms with Crippen LogP contribution in [0, 0.1) is 0 Å². The Morgan fingerprint density at radius 3 is 2.45 bits per heavy atom. The molecule has 2 unspecified atom stereocenters. The second kappa shape index (κ2) is 7.77. The standard InChI is InChI=1S/C16H31N3O/c1-6-8-10-13(9-7-2)15-14(17-19-18-15)12(3)11-16(4,5)20/h12-13,20H,6-11H2,1-5H3,(H,17,18,19). The fourth-order valence-electron chi connectivity index (χ4n) is 2.99. The van der Waals surface area contributed by atoms with E-state index in [0.29, 0.717) is 12.3 Å². The number of hydrogen-bond acceptors (Lipinski definition) is 3. The van der Waals surface area contributed by atoms with Gasteiger partial charge in [-0.05, 0) is 33.1 Å². The van der Waals surface area contributed by atoms with Crippen molar-refractivity contribution >= 4 is 0 Å². The molecule has 0 aliphatic carbocycles. The molecule has 0 saturated carbocycles. The van der Waals surface area contributed by atoms with Gasteiger partial charge in [-0.25, -0.2) is 0 Å². The van der Waals surface area contributed by atoms with Crippen LogP contribution < -0.4 is 0 Å². The van der Waals surface area contributed by atoms with Gasteiger partial charge in [-0.3, -0.25) is 5.10 Å². The van der Waals surface area contributed by atoms with Crippen molar-refractivity contribution in [3.05, 3.63) is 11.4 Å². The molecule has 1 heterocycles. The minimum Gasteiger partial charge on any atom is -0.390 e. The Labute approximate surface area is 123 Å². The summed E-state index contributed by atoms with van der Waals surface area (Å²) in [4.78, 5) is 0. The molecular formula is C16H31N3O. The molecule has 4 heteroatoms. The predicted octanol–water partition coefficient (Wildman–Crippen LogP) is 4.14. The minimum atomic E-state index is -0.667. The molecule has 0 amide bonds. The number of rotatable bonds is 9. The summed E-state index contributed by atoms with van der Waals surface area (Å²) in [6, 6.07) is 0. The van der Waals surface area contributed by atoms with Crippen molar-refractivity contribution in [3.63, 3.8) is 0 Å². The zero-order valence-electron chi connectivity index (χ0n) is 13.7. The fraction of sp³-hybridized carbons (Fsp3) is 0.875. The molecule has 0 radical (unpaired) electrons. The molecule has 0 saturated heterocycles. The highest BCUT2D eigenvalue weighted by atomic mass is 16.3. The number of nitrogens with one attached hydrogen (secondary N) is 1. The first-order valence-electron chi connectivity index (χ1n) is 8.02. The van der Waals surface area contributed by atoms with E-state index in [4.69, 9.17) is 0 Å². The van der Waals surface area contributed by atoms with Gasteiger partial charge < -0.3 is 5.11 Å². The van der Waals surface area contributed by atoms with E-state index in [1.165, 1.54) is 37.8 Å². The van der Waals surface area contributed by atoms with Crippen LogP contribution in [0.4, 0.5) is 0 Å². The minimum absolute atomic E-state index is 0.227. The van der Waals surface area contributed by atoms with Gasteiger partial charge in [-0.1, -0.05) is 45.2 Å². The second-order valence-electron chi connectivity index (χ2n) is 6.66. The second-order valence-corrected chi connectivity index (χ2v) is 6.66. The van der Waals surface area contributed by atoms with Gasteiger partial charge in [0.2, 0.25) is 0 Å². The molecule has 1 rings (SSSR count). The maximum Gasteiger partial charge on any atom is 0.0888 e. The number of aliphatic hydroxyl groups is 1. The van der Waals surface area contributed by atoms with E-state index in [1.54, 1.807) is 0 Å². The zero-order chi connectivity index (χ0) is 15.2. The highest BCUT2D eigenvalue weighted by Crippen LogP contribution is 2.33. The third kappa shape index (κ3) is 5.23. The van der Waals surface area contributed by atoms with Gasteiger partial charge in [0, 0.05) is 11.8 Å². The van der Waals surface area contributed by atoms with Gasteiger partial charge in [-0.15, -0.1) is 5.10 Å². The summed E-state index contributed by atoms with van der Waals surface area (Å²) in [6.45, 7) is 10.3. The molecule has 0 aliphatic heterocycles. The van der Waals surface area contributed by atoms with Crippen LogP contribution in [0.15, 0.2) is 0 Å². The van der Waals surface area contributed by atoms with Gasteiger partial charge in [0.25, 0.3) is 0 Å². The van der Waals surface area contributed by atoms with Gasteiger partial charge >= 0.3 is 0 Å². The van der Waals surface area contributed by atoms with Crippen molar-refractivity contribution < 1.29 is 5.11 Å². The lowest BCUT2D eigenvalue weighted by molar-refractivity contribution is 0.0642. The summed E-state index contributed by atoms with van der Waals surface area (Å²) < 4.78 is 0. The fourth-order valence-corrected chi connectivity index (χ4v) is 2.99. The summed E-state index contributed by atoms with van der Waals surface area (Å²) in [5, 5.41) is 21.4. The van der Waals surface area contributed by atoms with E-state index in [1.807, 2.05) is 13.8 Å². The molecule has 0 bridgehead atoms. The highest BCUT2D eigenvalue weighted by Gasteiger charge is 2.25. The number of H-pyrrole nitrogens is 1. The van der Waals surface area contributed by atoms with Crippen LogP contribution >= 0.6 is 0 Å². The Morgan fingerprint density at radius 1 is 1.20 bits per heavy atom. The van der Waals surface area contributed by atoms with Gasteiger partial charge in [0.1, 0.15) is 0 Å². The molecule has 0 fully saturated rings. The molecule has 4 nitrogen and oxygen atoms in total. The Kier molecular flexibility index (Phi) is 6.66. The Morgan fingerprint density at radius 2 is 1.90 bits per heavy atom. The predicted molar refractivity (Wildman–Crippen MR) is 82.9 cm³/mol. The lowest BCUT2D eigenvalue weighted by Gasteiger charge is -2.23. The van der Waals surface area contributed by atoms with E-state index in [0.717, 1.165) is 5.69 Å². The summed E-state index contributed by atoms with van der Waals surface area (Å²) in [7, 11) is 0. The summed E-state index contributed by atoms with van der Waals surface area (Å²) >= 11 is 0. The van der Waals surface area contributed by atoms with Gasteiger partial charge in [-0.2, -0.15) is 0 Å². The topological polar surface area (TPSA) is 61.8 Å². The van der Waals surface area contributed by atoms with Crippen LogP contribution in [0.5, 0.6) is 0 Å². The summed E-state index contributed by atoms with van der Waals surface area (Å²) in [6.07, 6.45) is 6.70. The van der Waals surface area contributed by atoms with Gasteiger partial charge in [0.05, 0.1) is 17.0 Å². The van der Waals surface area contributed by atoms with Crippen molar-refractivity contribution in [2.75, 3.05) is 0 Å². The first kappa shape index (κ1) is 17.2. The van der Waals surface area contributed by atoms with E-state index in [9.17, 15) is 5.11 Å². The number of hydrogen-bond donors (Lipinski definition) is 2. The van der Waals surface area contributed by atoms with Crippen LogP contribution in [-0.2, 0) is 0 Å². The Hall–Kier alpha value is -0.900. The number of aromatic amines is 1. The van der Waals surface area contributed by atoms with Gasteiger partial charge in [0.15, 0.2) is 0 Å². The average Bonchev–Trinajstić information content (AvgIpc) is 2.81. The highest BCUT2D eigenvalue weighted by molar-refractivity contribution is 5.18. The molecular weight excluding hydrogens is 250 g/mol. The molecule has 20 heavy (non-hydrogen) atoms. The van der Waals surface area contributed by atoms with Crippen LogP contribution in [0.1, 0.15) is 96.4 Å². The normalized spacial score (nSPS) is 15.3. The van der Waals surface area contributed by atoms with Crippen LogP contribution in [0.2, 0.25) is 0 Å². The molecule has 1 aromatic rings. The largest absolute Gasteiger partial charge is 0.390 e. The average molecular weight is 281 g/mol. The Balaban J connectivity index is 2.86. The van der Waals surface area contributed by atoms with E-state index in [2.05, 4.69) is 36.2 Å². The van der Waals surface area contributed by atoms with E-state index in [-0.39, 0.29) is 5.92 Å². The maximum atomic E-state index is 10.0. The van der Waals surface area contributed by atoms with Crippen molar-refractivity contribution in [2.45, 2.75) is 90.6 Å². The molecule has 2 N–H and O–H groups in total. The van der Waals surface area contributed by atoms with Crippen molar-refractivity contribution in [3.8, 4) is 0 Å². The third-order valence-corrected chi connectivity index (χ3v) is 3.83. The van der Waals surface area contributed by atoms with Crippen LogP contribution in [0.25, 0.3) is 0 Å². The smallest absolute Gasteiger partial charge is 0.0888 e. The summed E-state index contributed by atoms with van der Waals surface area (Å²) in [5.74, 6) is 0.749. The van der Waals surface area contributed by atoms with Crippen LogP contribution in [0.3, 0.4) is 0 Å². The third-order valence-electron chi connectivity index (χ3n) is 3.83. The molecule has 1 aromatic heterocycles. The maximum absolute atomic E-state index is 10.0. The molecule has 0 aliphatic rings. The lowest BCUT2D eigenvalue weighted by atomic mass is 9.86. The van der Waals surface area contributed by atoms with Crippen molar-refractivity contribution in [2.24, 2.45) is 0 Å². The SMILES string of the molecule is CCCCC(CCC)c1[nH]nnc1C(C)CC(C)(C)O. The first-order valence-corrected chi connectivity index (χ1v) is 8.02. The van der Waals surface area contributed by atoms with E-state index >= 15 is 0 Å².